The van der Waals surface area contributed by atoms with Gasteiger partial charge in [0.2, 0.25) is 17.6 Å². The summed E-state index contributed by atoms with van der Waals surface area (Å²) in [5, 5.41) is 14.8. The maximum Gasteiger partial charge on any atom is 0.296 e. The lowest BCUT2D eigenvalue weighted by molar-refractivity contribution is -0.113. The molecule has 8 nitrogen and oxygen atoms in total. The topological polar surface area (TPSA) is 98.7 Å². The normalized spacial score (nSPS) is 11.0. The van der Waals surface area contributed by atoms with Gasteiger partial charge in [0.15, 0.2) is 5.16 Å². The van der Waals surface area contributed by atoms with E-state index in [2.05, 4.69) is 25.7 Å². The Morgan fingerprint density at radius 2 is 1.94 bits per heavy atom. The fourth-order valence-electron chi connectivity index (χ4n) is 2.67. The van der Waals surface area contributed by atoms with Gasteiger partial charge in [0.05, 0.1) is 11.4 Å². The van der Waals surface area contributed by atoms with Crippen LogP contribution in [-0.2, 0) is 11.8 Å². The number of nitrogens with one attached hydrogen (secondary N) is 1. The lowest BCUT2D eigenvalue weighted by atomic mass is 10.1. The van der Waals surface area contributed by atoms with Crippen LogP contribution in [0.25, 0.3) is 23.1 Å². The van der Waals surface area contributed by atoms with Crippen LogP contribution in [0, 0.1) is 18.6 Å². The molecule has 11 heteroatoms. The molecule has 2 heterocycles. The third-order valence-electron chi connectivity index (χ3n) is 4.30. The van der Waals surface area contributed by atoms with E-state index in [1.165, 1.54) is 0 Å². The van der Waals surface area contributed by atoms with Crippen LogP contribution in [0.5, 0.6) is 0 Å². The molecule has 0 radical (unpaired) electrons. The van der Waals surface area contributed by atoms with Crippen molar-refractivity contribution in [2.45, 2.75) is 12.1 Å². The van der Waals surface area contributed by atoms with Crippen LogP contribution in [0.1, 0.15) is 5.56 Å². The van der Waals surface area contributed by atoms with Gasteiger partial charge in [-0.05, 0) is 19.1 Å². The number of nitrogens with zero attached hydrogens (tertiary/aromatic N) is 5. The Hall–Kier alpha value is -3.60. The van der Waals surface area contributed by atoms with Crippen molar-refractivity contribution in [2.24, 2.45) is 7.05 Å². The van der Waals surface area contributed by atoms with Crippen LogP contribution < -0.4 is 5.32 Å². The number of hydrogen-bond acceptors (Lipinski definition) is 7. The van der Waals surface area contributed by atoms with E-state index in [4.69, 9.17) is 4.52 Å². The third kappa shape index (κ3) is 4.61. The highest BCUT2D eigenvalue weighted by molar-refractivity contribution is 7.99. The van der Waals surface area contributed by atoms with Crippen LogP contribution in [0.3, 0.4) is 0 Å². The summed E-state index contributed by atoms with van der Waals surface area (Å²) >= 11 is 1.08. The monoisotopic (exact) mass is 442 g/mol. The molecule has 0 fully saturated rings. The van der Waals surface area contributed by atoms with Crippen molar-refractivity contribution < 1.29 is 18.1 Å². The predicted molar refractivity (Wildman–Crippen MR) is 110 cm³/mol. The molecule has 2 aromatic heterocycles. The number of aromatic nitrogens is 5. The van der Waals surface area contributed by atoms with E-state index in [9.17, 15) is 13.6 Å². The van der Waals surface area contributed by atoms with E-state index < -0.39 is 17.5 Å². The number of carbonyl (C=O) groups excluding carboxylic acids is 1. The molecule has 0 atom stereocenters. The van der Waals surface area contributed by atoms with Gasteiger partial charge in [-0.25, -0.2) is 8.78 Å². The molecule has 0 saturated carbocycles. The zero-order valence-electron chi connectivity index (χ0n) is 16.5. The van der Waals surface area contributed by atoms with E-state index in [0.29, 0.717) is 16.8 Å². The molecule has 4 aromatic rings. The second-order valence-corrected chi connectivity index (χ2v) is 7.56. The van der Waals surface area contributed by atoms with Gasteiger partial charge in [0, 0.05) is 18.7 Å². The van der Waals surface area contributed by atoms with Crippen molar-refractivity contribution in [1.82, 2.24) is 24.9 Å². The number of amides is 1. The molecule has 0 bridgehead atoms. The number of thioether (sulfide) groups is 1. The molecule has 0 aliphatic heterocycles. The molecule has 1 amide bonds. The minimum Gasteiger partial charge on any atom is -0.330 e. The highest BCUT2D eigenvalue weighted by Crippen LogP contribution is 2.24. The highest BCUT2D eigenvalue weighted by Gasteiger charge is 2.19. The van der Waals surface area contributed by atoms with Crippen molar-refractivity contribution in [3.63, 3.8) is 0 Å². The Morgan fingerprint density at radius 1 is 1.16 bits per heavy atom. The highest BCUT2D eigenvalue weighted by atomic mass is 32.2. The summed E-state index contributed by atoms with van der Waals surface area (Å²) in [6, 6.07) is 10.5. The quantitative estimate of drug-likeness (QED) is 0.453. The van der Waals surface area contributed by atoms with Crippen LogP contribution in [-0.4, -0.2) is 36.6 Å². The van der Waals surface area contributed by atoms with Gasteiger partial charge in [0.1, 0.15) is 11.6 Å². The van der Waals surface area contributed by atoms with Crippen LogP contribution in [0.4, 0.5) is 14.5 Å². The minimum atomic E-state index is -0.721. The largest absolute Gasteiger partial charge is 0.330 e. The number of carbonyl (C=O) groups is 1. The van der Waals surface area contributed by atoms with E-state index in [1.54, 1.807) is 11.6 Å². The van der Waals surface area contributed by atoms with Crippen molar-refractivity contribution in [2.75, 3.05) is 11.1 Å². The second kappa shape index (κ2) is 8.64. The molecular weight excluding hydrogens is 426 g/mol. The van der Waals surface area contributed by atoms with Crippen LogP contribution >= 0.6 is 11.8 Å². The molecule has 2 aromatic carbocycles. The fraction of sp³-hybridized carbons (Fsp3) is 0.150. The van der Waals surface area contributed by atoms with E-state index >= 15 is 0 Å². The zero-order valence-corrected chi connectivity index (χ0v) is 17.3. The number of aryl methyl sites for hydroxylation is 1. The van der Waals surface area contributed by atoms with Crippen molar-refractivity contribution in [3.05, 3.63) is 59.7 Å². The molecule has 0 unspecified atom stereocenters. The first-order valence-corrected chi connectivity index (χ1v) is 10.1. The Kier molecular flexibility index (Phi) is 5.76. The van der Waals surface area contributed by atoms with E-state index in [1.807, 2.05) is 31.2 Å². The Bertz CT molecular complexity index is 1240. The minimum absolute atomic E-state index is 0.0830. The van der Waals surface area contributed by atoms with E-state index in [-0.39, 0.29) is 17.3 Å². The van der Waals surface area contributed by atoms with Crippen molar-refractivity contribution in [1.29, 1.82) is 0 Å². The SMILES string of the molecule is Cc1ccc(-c2noc(-c3nnc(SCC(=O)Nc4cc(F)ccc4F)n3C)n2)cc1. The van der Waals surface area contributed by atoms with Crippen LogP contribution in [0.15, 0.2) is 52.1 Å². The average molecular weight is 442 g/mol. The number of anilines is 1. The van der Waals surface area contributed by atoms with Gasteiger partial charge >= 0.3 is 0 Å². The summed E-state index contributed by atoms with van der Waals surface area (Å²) in [4.78, 5) is 16.5. The summed E-state index contributed by atoms with van der Waals surface area (Å²) < 4.78 is 33.8. The molecule has 31 heavy (non-hydrogen) atoms. The van der Waals surface area contributed by atoms with Gasteiger partial charge in [0.25, 0.3) is 5.89 Å². The maximum absolute atomic E-state index is 13.7. The van der Waals surface area contributed by atoms with E-state index in [0.717, 1.165) is 41.1 Å². The summed E-state index contributed by atoms with van der Waals surface area (Å²) in [6.07, 6.45) is 0. The molecular formula is C20H16F2N6O2S. The Labute approximate surface area is 179 Å². The third-order valence-corrected chi connectivity index (χ3v) is 5.32. The van der Waals surface area contributed by atoms with Crippen molar-refractivity contribution in [3.8, 4) is 23.1 Å². The van der Waals surface area contributed by atoms with Crippen LogP contribution in [0.2, 0.25) is 0 Å². The lowest BCUT2D eigenvalue weighted by Crippen LogP contribution is -2.15. The van der Waals surface area contributed by atoms with Crippen molar-refractivity contribution >= 4 is 23.4 Å². The first kappa shape index (κ1) is 20.7. The first-order valence-electron chi connectivity index (χ1n) is 9.09. The first-order chi connectivity index (χ1) is 14.9. The summed E-state index contributed by atoms with van der Waals surface area (Å²) in [5.74, 6) is -1.02. The summed E-state index contributed by atoms with van der Waals surface area (Å²) in [5.41, 5.74) is 1.70. The summed E-state index contributed by atoms with van der Waals surface area (Å²) in [7, 11) is 1.69. The average Bonchev–Trinajstić information content (AvgIpc) is 3.36. The smallest absolute Gasteiger partial charge is 0.296 e. The summed E-state index contributed by atoms with van der Waals surface area (Å²) in [6.45, 7) is 1.99. The standard InChI is InChI=1S/C20H16F2N6O2S/c1-11-3-5-12(6-4-11)17-24-19(30-27-17)18-25-26-20(28(18)2)31-10-16(29)23-15-9-13(21)7-8-14(15)22/h3-9H,10H2,1-2H3,(H,23,29). The zero-order chi connectivity index (χ0) is 22.0. The number of halogens is 2. The van der Waals surface area contributed by atoms with Gasteiger partial charge in [-0.3, -0.25) is 4.79 Å². The number of hydrogen-bond donors (Lipinski definition) is 1. The molecule has 158 valence electrons. The Morgan fingerprint density at radius 3 is 2.71 bits per heavy atom. The molecule has 0 spiro atoms. The molecule has 0 saturated heterocycles. The fourth-order valence-corrected chi connectivity index (χ4v) is 3.38. The molecule has 1 N–H and O–H groups in total. The number of rotatable bonds is 6. The van der Waals surface area contributed by atoms with Gasteiger partial charge < -0.3 is 14.4 Å². The molecule has 0 aliphatic rings. The van der Waals surface area contributed by atoms with Gasteiger partial charge in [-0.2, -0.15) is 4.98 Å². The second-order valence-electron chi connectivity index (χ2n) is 6.62. The molecule has 0 aliphatic carbocycles. The van der Waals surface area contributed by atoms with Gasteiger partial charge in [-0.1, -0.05) is 46.7 Å². The lowest BCUT2D eigenvalue weighted by Gasteiger charge is -2.06. The Balaban J connectivity index is 1.43. The molecule has 4 rings (SSSR count). The predicted octanol–water partition coefficient (Wildman–Crippen LogP) is 3.85. The number of benzene rings is 2. The maximum atomic E-state index is 13.7. The van der Waals surface area contributed by atoms with Gasteiger partial charge in [-0.15, -0.1) is 10.2 Å².